The Hall–Kier alpha value is -0.830. The molecule has 0 saturated heterocycles. The second kappa shape index (κ2) is 13.6. The molecule has 0 amide bonds. The van der Waals surface area contributed by atoms with Crippen LogP contribution in [0.15, 0.2) is 17.1 Å². The largest absolute Gasteiger partial charge is 0.374 e. The van der Waals surface area contributed by atoms with Gasteiger partial charge in [0.05, 0.1) is 6.54 Å². The summed E-state index contributed by atoms with van der Waals surface area (Å²) in [5.41, 5.74) is 0. The molecule has 1 aliphatic rings. The lowest BCUT2D eigenvalue weighted by atomic mass is 10.1. The second-order valence-electron chi connectivity index (χ2n) is 6.75. The highest BCUT2D eigenvalue weighted by Gasteiger charge is 2.19. The SMILES string of the molecule is CCCC/C=C/CCCCCCCCCC1=NCCN1C(C)O. The number of nitrogens with zero attached hydrogens (tertiary/aromatic N) is 2. The van der Waals surface area contributed by atoms with E-state index in [1.54, 1.807) is 0 Å². The molecule has 0 radical (unpaired) electrons. The first-order chi connectivity index (χ1) is 11.3. The van der Waals surface area contributed by atoms with Crippen LogP contribution in [-0.4, -0.2) is 35.2 Å². The highest BCUT2D eigenvalue weighted by Crippen LogP contribution is 2.14. The summed E-state index contributed by atoms with van der Waals surface area (Å²) >= 11 is 0. The van der Waals surface area contributed by atoms with Gasteiger partial charge in [-0.1, -0.05) is 64.0 Å². The van der Waals surface area contributed by atoms with Crippen molar-refractivity contribution in [1.29, 1.82) is 0 Å². The molecule has 0 bridgehead atoms. The molecule has 134 valence electrons. The Bertz CT molecular complexity index is 337. The van der Waals surface area contributed by atoms with Crippen molar-refractivity contribution in [2.75, 3.05) is 13.1 Å². The fourth-order valence-electron chi connectivity index (χ4n) is 3.12. The maximum absolute atomic E-state index is 9.67. The van der Waals surface area contributed by atoms with Crippen molar-refractivity contribution in [1.82, 2.24) is 4.90 Å². The Morgan fingerprint density at radius 2 is 1.61 bits per heavy atom. The Kier molecular flexibility index (Phi) is 11.9. The smallest absolute Gasteiger partial charge is 0.125 e. The van der Waals surface area contributed by atoms with Crippen molar-refractivity contribution < 1.29 is 5.11 Å². The van der Waals surface area contributed by atoms with E-state index in [1.807, 2.05) is 11.8 Å². The summed E-state index contributed by atoms with van der Waals surface area (Å²) in [6.07, 6.45) is 19.8. The van der Waals surface area contributed by atoms with Gasteiger partial charge in [-0.15, -0.1) is 0 Å². The minimum atomic E-state index is -0.382. The molecule has 0 aromatic carbocycles. The van der Waals surface area contributed by atoms with Crippen LogP contribution in [0.4, 0.5) is 0 Å². The molecule has 0 spiro atoms. The molecular formula is C20H38N2O. The van der Waals surface area contributed by atoms with Gasteiger partial charge in [0.2, 0.25) is 0 Å². The van der Waals surface area contributed by atoms with Crippen LogP contribution in [0.3, 0.4) is 0 Å². The lowest BCUT2D eigenvalue weighted by Crippen LogP contribution is -2.35. The molecule has 0 fully saturated rings. The van der Waals surface area contributed by atoms with Crippen molar-refractivity contribution in [2.45, 2.75) is 97.1 Å². The maximum atomic E-state index is 9.67. The molecule has 1 atom stereocenters. The fourth-order valence-corrected chi connectivity index (χ4v) is 3.12. The molecule has 23 heavy (non-hydrogen) atoms. The molecule has 1 heterocycles. The van der Waals surface area contributed by atoms with E-state index in [1.165, 1.54) is 70.6 Å². The van der Waals surface area contributed by atoms with E-state index in [0.717, 1.165) is 25.3 Å². The number of unbranched alkanes of at least 4 members (excludes halogenated alkanes) is 9. The predicted molar refractivity (Wildman–Crippen MR) is 101 cm³/mol. The monoisotopic (exact) mass is 322 g/mol. The van der Waals surface area contributed by atoms with Gasteiger partial charge in [0.15, 0.2) is 0 Å². The Balaban J connectivity index is 1.86. The van der Waals surface area contributed by atoms with E-state index >= 15 is 0 Å². The zero-order valence-electron chi connectivity index (χ0n) is 15.5. The minimum absolute atomic E-state index is 0.382. The Morgan fingerprint density at radius 1 is 1.00 bits per heavy atom. The molecule has 0 aromatic heterocycles. The zero-order chi connectivity index (χ0) is 16.8. The summed E-state index contributed by atoms with van der Waals surface area (Å²) in [6.45, 7) is 5.82. The lowest BCUT2D eigenvalue weighted by molar-refractivity contribution is 0.0766. The van der Waals surface area contributed by atoms with Crippen molar-refractivity contribution in [3.8, 4) is 0 Å². The molecule has 3 nitrogen and oxygen atoms in total. The van der Waals surface area contributed by atoms with E-state index in [2.05, 4.69) is 24.1 Å². The third kappa shape index (κ3) is 9.80. The number of allylic oxidation sites excluding steroid dienone is 2. The van der Waals surface area contributed by atoms with Crippen LogP contribution in [-0.2, 0) is 0 Å². The molecule has 1 N–H and O–H groups in total. The Morgan fingerprint density at radius 3 is 2.26 bits per heavy atom. The summed E-state index contributed by atoms with van der Waals surface area (Å²) in [7, 11) is 0. The van der Waals surface area contributed by atoms with Gasteiger partial charge in [-0.3, -0.25) is 4.99 Å². The van der Waals surface area contributed by atoms with Gasteiger partial charge in [-0.25, -0.2) is 0 Å². The molecule has 1 rings (SSSR count). The molecule has 0 aromatic rings. The first-order valence-corrected chi connectivity index (χ1v) is 9.88. The first-order valence-electron chi connectivity index (χ1n) is 9.88. The normalized spacial score (nSPS) is 16.3. The van der Waals surface area contributed by atoms with Gasteiger partial charge in [-0.05, 0) is 32.6 Å². The van der Waals surface area contributed by atoms with E-state index in [4.69, 9.17) is 0 Å². The Labute approximate surface area is 143 Å². The van der Waals surface area contributed by atoms with Crippen LogP contribution in [0.1, 0.15) is 90.9 Å². The van der Waals surface area contributed by atoms with Crippen molar-refractivity contribution >= 4 is 5.84 Å². The van der Waals surface area contributed by atoms with E-state index < -0.39 is 0 Å². The molecule has 3 heteroatoms. The van der Waals surface area contributed by atoms with Crippen LogP contribution in [0.25, 0.3) is 0 Å². The number of rotatable bonds is 14. The number of aliphatic imine (C=N–C) groups is 1. The highest BCUT2D eigenvalue weighted by atomic mass is 16.3. The number of aliphatic hydroxyl groups is 1. The maximum Gasteiger partial charge on any atom is 0.125 e. The number of hydrogen-bond donors (Lipinski definition) is 1. The van der Waals surface area contributed by atoms with Gasteiger partial charge in [0.25, 0.3) is 0 Å². The summed E-state index contributed by atoms with van der Waals surface area (Å²) < 4.78 is 0. The van der Waals surface area contributed by atoms with Crippen molar-refractivity contribution in [3.05, 3.63) is 12.2 Å². The van der Waals surface area contributed by atoms with Gasteiger partial charge < -0.3 is 10.0 Å². The quantitative estimate of drug-likeness (QED) is 0.348. The molecule has 0 aliphatic carbocycles. The van der Waals surface area contributed by atoms with Gasteiger partial charge in [-0.2, -0.15) is 0 Å². The molecular weight excluding hydrogens is 284 g/mol. The van der Waals surface area contributed by atoms with Crippen LogP contribution < -0.4 is 0 Å². The number of aliphatic hydroxyl groups excluding tert-OH is 1. The van der Waals surface area contributed by atoms with Gasteiger partial charge in [0.1, 0.15) is 12.1 Å². The summed E-state index contributed by atoms with van der Waals surface area (Å²) in [4.78, 5) is 6.54. The van der Waals surface area contributed by atoms with Gasteiger partial charge in [0, 0.05) is 13.0 Å². The van der Waals surface area contributed by atoms with Crippen LogP contribution in [0, 0.1) is 0 Å². The van der Waals surface area contributed by atoms with Crippen molar-refractivity contribution in [2.24, 2.45) is 4.99 Å². The summed E-state index contributed by atoms with van der Waals surface area (Å²) in [6, 6.07) is 0. The zero-order valence-corrected chi connectivity index (χ0v) is 15.5. The van der Waals surface area contributed by atoms with Gasteiger partial charge >= 0.3 is 0 Å². The molecule has 1 unspecified atom stereocenters. The summed E-state index contributed by atoms with van der Waals surface area (Å²) in [5, 5.41) is 9.67. The topological polar surface area (TPSA) is 35.8 Å². The van der Waals surface area contributed by atoms with Crippen molar-refractivity contribution in [3.63, 3.8) is 0 Å². The van der Waals surface area contributed by atoms with E-state index in [-0.39, 0.29) is 6.23 Å². The third-order valence-corrected chi connectivity index (χ3v) is 4.58. The fraction of sp³-hybridized carbons (Fsp3) is 0.850. The summed E-state index contributed by atoms with van der Waals surface area (Å²) in [5.74, 6) is 1.12. The van der Waals surface area contributed by atoms with E-state index in [9.17, 15) is 5.11 Å². The molecule has 0 saturated carbocycles. The van der Waals surface area contributed by atoms with E-state index in [0.29, 0.717) is 0 Å². The van der Waals surface area contributed by atoms with Crippen LogP contribution in [0.2, 0.25) is 0 Å². The number of hydrogen-bond acceptors (Lipinski definition) is 3. The molecule has 1 aliphatic heterocycles. The number of amidine groups is 1. The lowest BCUT2D eigenvalue weighted by Gasteiger charge is -2.23. The van der Waals surface area contributed by atoms with Crippen LogP contribution in [0.5, 0.6) is 0 Å². The highest BCUT2D eigenvalue weighted by molar-refractivity contribution is 5.83. The third-order valence-electron chi connectivity index (χ3n) is 4.58. The average Bonchev–Trinajstić information content (AvgIpc) is 3.00. The average molecular weight is 323 g/mol. The first kappa shape index (κ1) is 20.2. The van der Waals surface area contributed by atoms with Crippen LogP contribution >= 0.6 is 0 Å². The standard InChI is InChI=1S/C20H38N2O/c1-3-4-5-6-7-8-9-10-11-12-13-14-15-16-20-21-17-18-22(20)19(2)23/h6-7,19,23H,3-5,8-18H2,1-2H3/b7-6+. The predicted octanol–water partition coefficient (Wildman–Crippen LogP) is 5.30. The minimum Gasteiger partial charge on any atom is -0.374 e. The second-order valence-corrected chi connectivity index (χ2v) is 6.75.